The van der Waals surface area contributed by atoms with E-state index in [9.17, 15) is 0 Å². The fourth-order valence-corrected chi connectivity index (χ4v) is 1.76. The van der Waals surface area contributed by atoms with Crippen LogP contribution in [-0.2, 0) is 0 Å². The van der Waals surface area contributed by atoms with E-state index < -0.39 is 0 Å². The van der Waals surface area contributed by atoms with E-state index >= 15 is 0 Å². The Balaban J connectivity index is 3.25. The van der Waals surface area contributed by atoms with Gasteiger partial charge >= 0.3 is 0 Å². The van der Waals surface area contributed by atoms with E-state index in [-0.39, 0.29) is 6.04 Å². The van der Waals surface area contributed by atoms with Crippen molar-refractivity contribution in [3.05, 3.63) is 17.7 Å². The highest BCUT2D eigenvalue weighted by molar-refractivity contribution is 5.54. The Hall–Kier alpha value is -1.46. The average Bonchev–Trinajstić information content (AvgIpc) is 2.41. The van der Waals surface area contributed by atoms with E-state index in [0.717, 1.165) is 5.56 Å². The molecule has 19 heavy (non-hydrogen) atoms. The molecular formula is C14H24N2O3. The predicted octanol–water partition coefficient (Wildman–Crippen LogP) is 2.41. The van der Waals surface area contributed by atoms with Gasteiger partial charge in [-0.2, -0.15) is 0 Å². The van der Waals surface area contributed by atoms with Crippen LogP contribution < -0.4 is 25.5 Å². The summed E-state index contributed by atoms with van der Waals surface area (Å²) in [5.41, 5.74) is 3.72. The number of hydrazine groups is 1. The highest BCUT2D eigenvalue weighted by Crippen LogP contribution is 2.40. The van der Waals surface area contributed by atoms with Crippen molar-refractivity contribution in [1.29, 1.82) is 0 Å². The van der Waals surface area contributed by atoms with Crippen molar-refractivity contribution < 1.29 is 14.2 Å². The molecular weight excluding hydrogens is 244 g/mol. The van der Waals surface area contributed by atoms with Crippen molar-refractivity contribution >= 4 is 0 Å². The summed E-state index contributed by atoms with van der Waals surface area (Å²) in [5.74, 6) is 7.51. The summed E-state index contributed by atoms with van der Waals surface area (Å²) in [4.78, 5) is 0. The van der Waals surface area contributed by atoms with Gasteiger partial charge in [-0.15, -0.1) is 0 Å². The van der Waals surface area contributed by atoms with E-state index in [1.807, 2.05) is 39.8 Å². The zero-order valence-electron chi connectivity index (χ0n) is 12.2. The minimum Gasteiger partial charge on any atom is -0.490 e. The first-order valence-corrected chi connectivity index (χ1v) is 6.70. The first kappa shape index (κ1) is 15.6. The number of benzene rings is 1. The lowest BCUT2D eigenvalue weighted by Gasteiger charge is -2.19. The van der Waals surface area contributed by atoms with Crippen LogP contribution >= 0.6 is 0 Å². The zero-order chi connectivity index (χ0) is 14.3. The highest BCUT2D eigenvalue weighted by atomic mass is 16.5. The van der Waals surface area contributed by atoms with Gasteiger partial charge in [0, 0.05) is 6.04 Å². The van der Waals surface area contributed by atoms with Crippen LogP contribution in [0, 0.1) is 0 Å². The van der Waals surface area contributed by atoms with Crippen LogP contribution in [-0.4, -0.2) is 19.8 Å². The molecule has 1 atom stereocenters. The molecule has 5 heteroatoms. The third-order valence-electron chi connectivity index (χ3n) is 2.68. The van der Waals surface area contributed by atoms with Crippen molar-refractivity contribution in [3.8, 4) is 17.2 Å². The quantitative estimate of drug-likeness (QED) is 0.560. The van der Waals surface area contributed by atoms with Gasteiger partial charge in [-0.1, -0.05) is 0 Å². The normalized spacial score (nSPS) is 12.1. The first-order valence-electron chi connectivity index (χ1n) is 6.70. The second-order valence-corrected chi connectivity index (χ2v) is 4.03. The molecule has 0 spiro atoms. The molecule has 0 aromatic heterocycles. The highest BCUT2D eigenvalue weighted by Gasteiger charge is 2.17. The maximum atomic E-state index is 5.64. The molecule has 1 aromatic rings. The molecule has 5 nitrogen and oxygen atoms in total. The standard InChI is InChI=1S/C14H24N2O3/c1-5-17-12-8-11(10(4)16-15)9-13(18-6-2)14(12)19-7-3/h8-10,16H,5-7,15H2,1-4H3. The molecule has 0 heterocycles. The van der Waals surface area contributed by atoms with Gasteiger partial charge in [-0.3, -0.25) is 11.3 Å². The summed E-state index contributed by atoms with van der Waals surface area (Å²) in [6, 6.07) is 3.87. The lowest BCUT2D eigenvalue weighted by molar-refractivity contribution is 0.260. The number of hydrogen-bond donors (Lipinski definition) is 2. The monoisotopic (exact) mass is 268 g/mol. The smallest absolute Gasteiger partial charge is 0.203 e. The minimum atomic E-state index is 0.00842. The van der Waals surface area contributed by atoms with Crippen LogP contribution in [0.5, 0.6) is 17.2 Å². The Morgan fingerprint density at radius 2 is 1.47 bits per heavy atom. The molecule has 1 aromatic carbocycles. The molecule has 0 aliphatic rings. The Morgan fingerprint density at radius 1 is 1.00 bits per heavy atom. The summed E-state index contributed by atoms with van der Waals surface area (Å²) >= 11 is 0. The first-order chi connectivity index (χ1) is 9.17. The van der Waals surface area contributed by atoms with E-state index in [0.29, 0.717) is 37.1 Å². The predicted molar refractivity (Wildman–Crippen MR) is 75.7 cm³/mol. The molecule has 0 saturated heterocycles. The number of rotatable bonds is 8. The van der Waals surface area contributed by atoms with Gasteiger partial charge in [0.25, 0.3) is 0 Å². The lowest BCUT2D eigenvalue weighted by atomic mass is 10.1. The Labute approximate surface area is 115 Å². The molecule has 0 saturated carbocycles. The van der Waals surface area contributed by atoms with Gasteiger partial charge in [0.05, 0.1) is 19.8 Å². The number of nitrogens with two attached hydrogens (primary N) is 1. The topological polar surface area (TPSA) is 65.7 Å². The van der Waals surface area contributed by atoms with Gasteiger partial charge in [-0.05, 0) is 45.4 Å². The van der Waals surface area contributed by atoms with Gasteiger partial charge < -0.3 is 14.2 Å². The van der Waals surface area contributed by atoms with Crippen molar-refractivity contribution in [1.82, 2.24) is 5.43 Å². The number of ether oxygens (including phenoxy) is 3. The molecule has 0 bridgehead atoms. The van der Waals surface area contributed by atoms with Crippen LogP contribution in [0.1, 0.15) is 39.3 Å². The second kappa shape index (κ2) is 7.86. The van der Waals surface area contributed by atoms with Crippen LogP contribution in [0.2, 0.25) is 0 Å². The fourth-order valence-electron chi connectivity index (χ4n) is 1.76. The summed E-state index contributed by atoms with van der Waals surface area (Å²) in [7, 11) is 0. The molecule has 0 aliphatic carbocycles. The molecule has 1 unspecified atom stereocenters. The molecule has 3 N–H and O–H groups in total. The summed E-state index contributed by atoms with van der Waals surface area (Å²) in [6.07, 6.45) is 0. The Bertz CT molecular complexity index is 369. The maximum absolute atomic E-state index is 5.64. The van der Waals surface area contributed by atoms with E-state index in [1.54, 1.807) is 0 Å². The van der Waals surface area contributed by atoms with Gasteiger partial charge in [0.2, 0.25) is 5.75 Å². The Morgan fingerprint density at radius 3 is 1.84 bits per heavy atom. The van der Waals surface area contributed by atoms with E-state index in [4.69, 9.17) is 20.1 Å². The average molecular weight is 268 g/mol. The van der Waals surface area contributed by atoms with Crippen molar-refractivity contribution in [2.24, 2.45) is 5.84 Å². The Kier molecular flexibility index (Phi) is 6.45. The maximum Gasteiger partial charge on any atom is 0.203 e. The van der Waals surface area contributed by atoms with Crippen LogP contribution in [0.4, 0.5) is 0 Å². The molecule has 1 rings (SSSR count). The van der Waals surface area contributed by atoms with Crippen molar-refractivity contribution in [2.45, 2.75) is 33.7 Å². The van der Waals surface area contributed by atoms with E-state index in [2.05, 4.69) is 5.43 Å². The number of hydrogen-bond acceptors (Lipinski definition) is 5. The summed E-state index contributed by atoms with van der Waals surface area (Å²) < 4.78 is 16.9. The molecule has 0 aliphatic heterocycles. The van der Waals surface area contributed by atoms with Crippen LogP contribution in [0.25, 0.3) is 0 Å². The van der Waals surface area contributed by atoms with Crippen LogP contribution in [0.3, 0.4) is 0 Å². The van der Waals surface area contributed by atoms with Crippen molar-refractivity contribution in [2.75, 3.05) is 19.8 Å². The van der Waals surface area contributed by atoms with Gasteiger partial charge in [0.15, 0.2) is 11.5 Å². The zero-order valence-corrected chi connectivity index (χ0v) is 12.2. The number of nitrogens with one attached hydrogen (secondary N) is 1. The second-order valence-electron chi connectivity index (χ2n) is 4.03. The molecule has 0 radical (unpaired) electrons. The van der Waals surface area contributed by atoms with Crippen LogP contribution in [0.15, 0.2) is 12.1 Å². The summed E-state index contributed by atoms with van der Waals surface area (Å²) in [6.45, 7) is 9.48. The summed E-state index contributed by atoms with van der Waals surface area (Å²) in [5, 5.41) is 0. The largest absolute Gasteiger partial charge is 0.490 e. The SMILES string of the molecule is CCOc1cc(C(C)NN)cc(OCC)c1OCC. The molecule has 0 fully saturated rings. The van der Waals surface area contributed by atoms with Gasteiger partial charge in [-0.25, -0.2) is 0 Å². The van der Waals surface area contributed by atoms with E-state index in [1.165, 1.54) is 0 Å². The minimum absolute atomic E-state index is 0.00842. The third kappa shape index (κ3) is 4.01. The lowest BCUT2D eigenvalue weighted by Crippen LogP contribution is -2.25. The van der Waals surface area contributed by atoms with Crippen molar-refractivity contribution in [3.63, 3.8) is 0 Å². The third-order valence-corrected chi connectivity index (χ3v) is 2.68. The van der Waals surface area contributed by atoms with Gasteiger partial charge in [0.1, 0.15) is 0 Å². The fraction of sp³-hybridized carbons (Fsp3) is 0.571. The molecule has 0 amide bonds. The molecule has 108 valence electrons.